The maximum absolute atomic E-state index is 3.34. The predicted octanol–water partition coefficient (Wildman–Crippen LogP) is 11.7. The fourth-order valence-electron chi connectivity index (χ4n) is 4.26. The third-order valence-electron chi connectivity index (χ3n) is 7.22. The van der Waals surface area contributed by atoms with Crippen molar-refractivity contribution in [1.29, 1.82) is 0 Å². The Labute approximate surface area is 266 Å². The Balaban J connectivity index is 0.000000239. The summed E-state index contributed by atoms with van der Waals surface area (Å²) in [6.45, 7) is 18.0. The van der Waals surface area contributed by atoms with Crippen LogP contribution in [0.1, 0.15) is 97.3 Å². The molecule has 1 fully saturated rings. The smallest absolute Gasteiger partial charge is 0.172 e. The van der Waals surface area contributed by atoms with Gasteiger partial charge in [-0.3, -0.25) is 0 Å². The van der Waals surface area contributed by atoms with Gasteiger partial charge in [0, 0.05) is 0 Å². The summed E-state index contributed by atoms with van der Waals surface area (Å²) in [4.78, 5) is 0. The van der Waals surface area contributed by atoms with E-state index in [2.05, 4.69) is 127 Å². The molecule has 0 nitrogen and oxygen atoms in total. The molecule has 0 aliphatic heterocycles. The summed E-state index contributed by atoms with van der Waals surface area (Å²) in [5.41, 5.74) is 4.60. The van der Waals surface area contributed by atoms with Crippen molar-refractivity contribution in [1.82, 2.24) is 0 Å². The van der Waals surface area contributed by atoms with Gasteiger partial charge < -0.3 is 6.42 Å². The van der Waals surface area contributed by atoms with E-state index in [1.165, 1.54) is 81.7 Å². The summed E-state index contributed by atoms with van der Waals surface area (Å²) in [5.74, 6) is 0.639. The third-order valence-corrected chi connectivity index (χ3v) is 7.22. The topological polar surface area (TPSA) is 0 Å². The van der Waals surface area contributed by atoms with Crippen LogP contribution in [0.5, 0.6) is 0 Å². The molecule has 0 N–H and O–H groups in total. The monoisotopic (exact) mass is 620 g/mol. The minimum absolute atomic E-state index is 0.203. The zero-order valence-electron chi connectivity index (χ0n) is 26.7. The summed E-state index contributed by atoms with van der Waals surface area (Å²) in [7, 11) is 0. The van der Waals surface area contributed by atoms with Gasteiger partial charge in [0.2, 0.25) is 0 Å². The Morgan fingerprint density at radius 1 is 0.732 bits per heavy atom. The van der Waals surface area contributed by atoms with Crippen molar-refractivity contribution >= 4 is 25.8 Å². The first kappa shape index (κ1) is 34.8. The first-order valence-corrected chi connectivity index (χ1v) is 16.6. The number of fused-ring (bicyclic) bond motifs is 3. The molecule has 5 aromatic carbocycles. The number of rotatable bonds is 1. The van der Waals surface area contributed by atoms with Gasteiger partial charge in [-0.1, -0.05) is 90.8 Å². The summed E-state index contributed by atoms with van der Waals surface area (Å²) in [5, 5.41) is 5.48. The van der Waals surface area contributed by atoms with Gasteiger partial charge in [-0.2, -0.15) is 66.9 Å². The summed E-state index contributed by atoms with van der Waals surface area (Å²) >= 11 is 1.30. The molecule has 0 bridgehead atoms. The molecular formula is C40H50Zr-4. The number of benzene rings is 3. The van der Waals surface area contributed by atoms with E-state index in [9.17, 15) is 0 Å². The van der Waals surface area contributed by atoms with Crippen LogP contribution in [0.25, 0.3) is 21.5 Å². The van der Waals surface area contributed by atoms with E-state index in [1.54, 1.807) is 0 Å². The Bertz CT molecular complexity index is 1290. The molecule has 1 saturated carbocycles. The molecule has 0 unspecified atom stereocenters. The maximum atomic E-state index is 3.34. The molecule has 0 saturated heterocycles. The van der Waals surface area contributed by atoms with Gasteiger partial charge in [0.1, 0.15) is 0 Å². The molecule has 0 radical (unpaired) electrons. The van der Waals surface area contributed by atoms with E-state index >= 15 is 0 Å². The van der Waals surface area contributed by atoms with E-state index in [0.29, 0.717) is 5.92 Å². The van der Waals surface area contributed by atoms with Crippen molar-refractivity contribution in [2.45, 2.75) is 91.4 Å². The first-order valence-electron chi connectivity index (χ1n) is 14.9. The zero-order chi connectivity index (χ0) is 30.5. The molecule has 0 atom stereocenters. The molecule has 0 amide bonds. The second kappa shape index (κ2) is 16.9. The van der Waals surface area contributed by atoms with Crippen LogP contribution >= 0.6 is 0 Å². The molecule has 0 spiro atoms. The molecule has 1 aliphatic carbocycles. The molecule has 6 rings (SSSR count). The van der Waals surface area contributed by atoms with Crippen LogP contribution in [0.4, 0.5) is 0 Å². The standard InChI is InChI=1S/C21H25.C9H11.C5H5.C4H7.CH2.Zr/c1-20(2,3)16-7-9-18-14(12-16)11-15-13-17(21(4,5)6)8-10-19(15)18;1-8(2)9-6-4-3-5-7-9;1-2-4-5-3-1;1-2-4-3-1;;/h7-13H,1-6H3;4-8H,1-2H3;1-5H;1H,2-4H2;1H2;/q4*-1;;. The molecule has 218 valence electrons. The average molecular weight is 622 g/mol. The van der Waals surface area contributed by atoms with Crippen molar-refractivity contribution < 1.29 is 24.2 Å². The van der Waals surface area contributed by atoms with Crippen molar-refractivity contribution in [2.75, 3.05) is 0 Å². The molecule has 41 heavy (non-hydrogen) atoms. The maximum Gasteiger partial charge on any atom is -0.172 e. The van der Waals surface area contributed by atoms with E-state index in [4.69, 9.17) is 0 Å². The Morgan fingerprint density at radius 2 is 1.15 bits per heavy atom. The van der Waals surface area contributed by atoms with Crippen LogP contribution in [0, 0.1) is 12.5 Å². The van der Waals surface area contributed by atoms with Crippen molar-refractivity contribution in [2.24, 2.45) is 0 Å². The van der Waals surface area contributed by atoms with Crippen LogP contribution in [-0.4, -0.2) is 4.21 Å². The van der Waals surface area contributed by atoms with Crippen molar-refractivity contribution in [3.8, 4) is 0 Å². The van der Waals surface area contributed by atoms with E-state index in [0.717, 1.165) is 0 Å². The fraction of sp³-hybridized carbons (Fsp3) is 0.350. The van der Waals surface area contributed by atoms with Gasteiger partial charge in [-0.25, -0.2) is 12.1 Å². The van der Waals surface area contributed by atoms with Crippen LogP contribution in [0.3, 0.4) is 0 Å². The Kier molecular flexibility index (Phi) is 14.4. The quantitative estimate of drug-likeness (QED) is 0.163. The largest absolute Gasteiger partial charge is 0.214 e. The summed E-state index contributed by atoms with van der Waals surface area (Å²) < 4.78 is 3.34. The molecule has 5 aromatic rings. The van der Waals surface area contributed by atoms with Crippen LogP contribution in [0.15, 0.2) is 97.1 Å². The summed E-state index contributed by atoms with van der Waals surface area (Å²) in [6, 6.07) is 37.3. The molecule has 1 heteroatoms. The van der Waals surface area contributed by atoms with Crippen LogP contribution in [-0.2, 0) is 35.1 Å². The molecule has 0 heterocycles. The normalized spacial score (nSPS) is 12.4. The minimum atomic E-state index is 0.203. The second-order valence-corrected chi connectivity index (χ2v) is 12.9. The second-order valence-electron chi connectivity index (χ2n) is 12.9. The number of hydrogen-bond acceptors (Lipinski definition) is 0. The van der Waals surface area contributed by atoms with Gasteiger partial charge in [0.15, 0.2) is 0 Å². The average Bonchev–Trinajstić information content (AvgIpc) is 3.60. The van der Waals surface area contributed by atoms with Crippen LogP contribution in [0.2, 0.25) is 0 Å². The van der Waals surface area contributed by atoms with E-state index in [-0.39, 0.29) is 10.8 Å². The van der Waals surface area contributed by atoms with Gasteiger partial charge in [0.05, 0.1) is 0 Å². The van der Waals surface area contributed by atoms with E-state index < -0.39 is 0 Å². The summed E-state index contributed by atoms with van der Waals surface area (Å²) in [6.07, 6.45) is 6.50. The first-order chi connectivity index (χ1) is 19.5. The SMILES string of the molecule is CC(C)(C)c1ccc2c(c1)[cH-]c1cc(C(C)(C)C)ccc12.CC(C)c1cc[c-]cc1.[CH-]1CCC1.[CH2]=[Zr].c1cc[cH-]c1. The third kappa shape index (κ3) is 11.4. The van der Waals surface area contributed by atoms with E-state index in [1.807, 2.05) is 42.5 Å². The van der Waals surface area contributed by atoms with Crippen LogP contribution < -0.4 is 0 Å². The number of hydrogen-bond donors (Lipinski definition) is 0. The van der Waals surface area contributed by atoms with Gasteiger partial charge in [-0.15, -0.1) is 46.2 Å². The van der Waals surface area contributed by atoms with Crippen molar-refractivity contribution in [3.05, 3.63) is 126 Å². The van der Waals surface area contributed by atoms with Gasteiger partial charge in [0.25, 0.3) is 0 Å². The van der Waals surface area contributed by atoms with Gasteiger partial charge in [-0.05, 0) is 16.7 Å². The van der Waals surface area contributed by atoms with Crippen molar-refractivity contribution in [3.63, 3.8) is 0 Å². The fourth-order valence-corrected chi connectivity index (χ4v) is 4.26. The predicted molar refractivity (Wildman–Crippen MR) is 181 cm³/mol. The van der Waals surface area contributed by atoms with Gasteiger partial charge >= 0.3 is 28.4 Å². The Morgan fingerprint density at radius 3 is 1.41 bits per heavy atom. The zero-order valence-corrected chi connectivity index (χ0v) is 29.2. The minimum Gasteiger partial charge on any atom is -0.214 e. The molecular weight excluding hydrogens is 572 g/mol. The molecule has 0 aromatic heterocycles. The molecule has 1 aliphatic rings. The Hall–Kier alpha value is -2.37.